The summed E-state index contributed by atoms with van der Waals surface area (Å²) in [5.74, 6) is -0.646. The number of benzene rings is 3. The fourth-order valence-corrected chi connectivity index (χ4v) is 6.12. The predicted octanol–water partition coefficient (Wildman–Crippen LogP) is 5.44. The van der Waals surface area contributed by atoms with Crippen molar-refractivity contribution >= 4 is 22.5 Å². The predicted molar refractivity (Wildman–Crippen MR) is 195 cm³/mol. The molecular weight excluding hydrogens is 732 g/mol. The molecule has 11 heteroatoms. The number of fused-ring (bicyclic) bond motifs is 1. The first-order valence-electron chi connectivity index (χ1n) is 17.8. The average molecular weight is 779 g/mol. The highest BCUT2D eigenvalue weighted by Gasteiger charge is 2.24. The highest BCUT2D eigenvalue weighted by Crippen LogP contribution is 2.30. The largest absolute Gasteiger partial charge is 1.00 e. The maximum Gasteiger partial charge on any atom is 0.263 e. The molecule has 0 aliphatic rings. The van der Waals surface area contributed by atoms with Crippen LogP contribution in [0.15, 0.2) is 96.2 Å². The van der Waals surface area contributed by atoms with Gasteiger partial charge in [0.25, 0.3) is 5.91 Å². The van der Waals surface area contributed by atoms with Crippen LogP contribution in [0, 0.1) is 11.6 Å². The molecule has 0 unspecified atom stereocenters. The van der Waals surface area contributed by atoms with Gasteiger partial charge in [-0.2, -0.15) is 0 Å². The quantitative estimate of drug-likeness (QED) is 0.0876. The number of aromatic nitrogens is 2. The standard InChI is InChI=1S/C41H46F2N3O5.BrH/c1-4-45(32-23-30(42)22-31(43)24-32)41(48)38-29-46(33-25-35(49-5-2)27-36(26-33)50-6-3)39-28-34(16-17-37(39)40(38)47)51-21-15-10-8-7-9-12-18-44-19-13-11-14-20-44;/h11,13-14,16-17,19-20,22-29H,4-10,12,15,18,21H2,1-3H3;1H/q+1;/p-1. The Hall–Kier alpha value is -4.77. The summed E-state index contributed by atoms with van der Waals surface area (Å²) in [5.41, 5.74) is 0.444. The molecule has 0 saturated heterocycles. The van der Waals surface area contributed by atoms with Gasteiger partial charge in [-0.05, 0) is 57.9 Å². The van der Waals surface area contributed by atoms with Crippen molar-refractivity contribution in [2.45, 2.75) is 65.8 Å². The van der Waals surface area contributed by atoms with E-state index in [2.05, 4.69) is 17.0 Å². The minimum absolute atomic E-state index is 0. The second-order valence-electron chi connectivity index (χ2n) is 12.2. The molecule has 0 fully saturated rings. The fraction of sp³-hybridized carbons (Fsp3) is 0.341. The van der Waals surface area contributed by atoms with Crippen LogP contribution < -0.4 is 46.1 Å². The van der Waals surface area contributed by atoms with Gasteiger partial charge in [0.05, 0.1) is 31.0 Å². The third-order valence-electron chi connectivity index (χ3n) is 8.55. The summed E-state index contributed by atoms with van der Waals surface area (Å²) in [6.07, 6.45) is 12.2. The first kappa shape index (κ1) is 40.0. The third-order valence-corrected chi connectivity index (χ3v) is 8.55. The summed E-state index contributed by atoms with van der Waals surface area (Å²) in [5, 5.41) is 0.281. The Bertz CT molecular complexity index is 1950. The molecule has 5 aromatic rings. The minimum Gasteiger partial charge on any atom is -1.00 e. The van der Waals surface area contributed by atoms with Crippen molar-refractivity contribution in [3.05, 3.63) is 119 Å². The monoisotopic (exact) mass is 777 g/mol. The van der Waals surface area contributed by atoms with Gasteiger partial charge in [0.15, 0.2) is 12.4 Å². The summed E-state index contributed by atoms with van der Waals surface area (Å²) < 4.78 is 50.1. The van der Waals surface area contributed by atoms with E-state index in [-0.39, 0.29) is 40.2 Å². The number of ether oxygens (including phenoxy) is 3. The van der Waals surface area contributed by atoms with E-state index in [9.17, 15) is 18.4 Å². The van der Waals surface area contributed by atoms with E-state index in [1.54, 1.807) is 47.9 Å². The first-order valence-corrected chi connectivity index (χ1v) is 17.8. The molecule has 0 spiro atoms. The molecule has 0 aliphatic heterocycles. The van der Waals surface area contributed by atoms with Crippen molar-refractivity contribution in [2.24, 2.45) is 0 Å². The molecule has 8 nitrogen and oxygen atoms in total. The zero-order chi connectivity index (χ0) is 36.2. The lowest BCUT2D eigenvalue weighted by atomic mass is 10.1. The lowest BCUT2D eigenvalue weighted by molar-refractivity contribution is -0.697. The van der Waals surface area contributed by atoms with Gasteiger partial charge in [0, 0.05) is 72.7 Å². The molecule has 0 aliphatic carbocycles. The van der Waals surface area contributed by atoms with E-state index in [1.165, 1.54) is 23.9 Å². The van der Waals surface area contributed by atoms with Crippen molar-refractivity contribution < 1.29 is 49.3 Å². The van der Waals surface area contributed by atoms with E-state index in [1.807, 2.05) is 32.0 Å². The number of carbonyl (C=O) groups excluding carboxylic acids is 1. The van der Waals surface area contributed by atoms with E-state index in [0.717, 1.165) is 50.4 Å². The van der Waals surface area contributed by atoms with Gasteiger partial charge < -0.3 is 40.7 Å². The molecule has 0 saturated carbocycles. The first-order chi connectivity index (χ1) is 24.8. The molecule has 0 bridgehead atoms. The smallest absolute Gasteiger partial charge is 0.263 e. The fourth-order valence-electron chi connectivity index (χ4n) is 6.12. The number of hydrogen-bond donors (Lipinski definition) is 0. The van der Waals surface area contributed by atoms with Crippen LogP contribution in [-0.4, -0.2) is 36.8 Å². The SMILES string of the molecule is CCOc1cc(OCC)cc(-n2cc(C(=O)N(CC)c3cc(F)cc(F)c3)c(=O)c3ccc(OCCCCCCCC[n+]4ccccc4)cc32)c1.[Br-]. The van der Waals surface area contributed by atoms with Crippen LogP contribution in [0.25, 0.3) is 16.6 Å². The Morgan fingerprint density at radius 2 is 1.38 bits per heavy atom. The number of aryl methyl sites for hydroxylation is 1. The van der Waals surface area contributed by atoms with Crippen LogP contribution in [0.5, 0.6) is 17.2 Å². The molecule has 0 N–H and O–H groups in total. The summed E-state index contributed by atoms with van der Waals surface area (Å²) in [6.45, 7) is 7.90. The number of unbranched alkanes of at least 4 members (excludes halogenated alkanes) is 5. The van der Waals surface area contributed by atoms with Gasteiger partial charge in [0.2, 0.25) is 5.43 Å². The molecule has 5 rings (SSSR count). The average Bonchev–Trinajstić information content (AvgIpc) is 3.11. The molecule has 1 amide bonds. The second kappa shape index (κ2) is 19.7. The van der Waals surface area contributed by atoms with Crippen molar-refractivity contribution in [3.63, 3.8) is 0 Å². The van der Waals surface area contributed by atoms with Crippen molar-refractivity contribution in [2.75, 3.05) is 31.3 Å². The van der Waals surface area contributed by atoms with Crippen LogP contribution in [0.2, 0.25) is 0 Å². The molecular formula is C41H46BrF2N3O5. The minimum atomic E-state index is -0.825. The molecule has 276 valence electrons. The third kappa shape index (κ3) is 10.4. The number of anilines is 1. The number of hydrogen-bond acceptors (Lipinski definition) is 5. The lowest BCUT2D eigenvalue weighted by Crippen LogP contribution is -3.00. The lowest BCUT2D eigenvalue weighted by Gasteiger charge is -2.22. The summed E-state index contributed by atoms with van der Waals surface area (Å²) >= 11 is 0. The molecule has 0 atom stereocenters. The second-order valence-corrected chi connectivity index (χ2v) is 12.2. The van der Waals surface area contributed by atoms with Crippen LogP contribution in [0.3, 0.4) is 0 Å². The summed E-state index contributed by atoms with van der Waals surface area (Å²) in [7, 11) is 0. The van der Waals surface area contributed by atoms with Crippen molar-refractivity contribution in [1.29, 1.82) is 0 Å². The Kier molecular flexibility index (Phi) is 15.2. The summed E-state index contributed by atoms with van der Waals surface area (Å²) in [6, 6.07) is 19.5. The maximum absolute atomic E-state index is 14.2. The van der Waals surface area contributed by atoms with Gasteiger partial charge in [0.1, 0.15) is 41.0 Å². The zero-order valence-electron chi connectivity index (χ0n) is 30.0. The van der Waals surface area contributed by atoms with E-state index in [0.29, 0.717) is 48.3 Å². The number of amides is 1. The molecule has 52 heavy (non-hydrogen) atoms. The Labute approximate surface area is 314 Å². The maximum atomic E-state index is 14.2. The van der Waals surface area contributed by atoms with Crippen molar-refractivity contribution in [1.82, 2.24) is 4.57 Å². The number of pyridine rings is 2. The summed E-state index contributed by atoms with van der Waals surface area (Å²) in [4.78, 5) is 29.2. The van der Waals surface area contributed by atoms with Crippen LogP contribution in [0.4, 0.5) is 14.5 Å². The molecule has 2 aromatic heterocycles. The normalized spacial score (nSPS) is 10.9. The number of rotatable bonds is 18. The number of halogens is 3. The number of carbonyl (C=O) groups is 1. The van der Waals surface area contributed by atoms with Crippen LogP contribution in [0.1, 0.15) is 69.7 Å². The Balaban J connectivity index is 0.00000605. The highest BCUT2D eigenvalue weighted by molar-refractivity contribution is 6.07. The molecule has 0 radical (unpaired) electrons. The molecule has 3 aromatic carbocycles. The number of nitrogens with zero attached hydrogens (tertiary/aromatic N) is 3. The van der Waals surface area contributed by atoms with Gasteiger partial charge in [-0.25, -0.2) is 13.3 Å². The molecule has 2 heterocycles. The van der Waals surface area contributed by atoms with E-state index < -0.39 is 23.0 Å². The van der Waals surface area contributed by atoms with Gasteiger partial charge >= 0.3 is 0 Å². The van der Waals surface area contributed by atoms with Gasteiger partial charge in [-0.15, -0.1) is 0 Å². The Morgan fingerprint density at radius 3 is 2.02 bits per heavy atom. The van der Waals surface area contributed by atoms with Gasteiger partial charge in [-0.3, -0.25) is 9.59 Å². The topological polar surface area (TPSA) is 73.9 Å². The van der Waals surface area contributed by atoms with Crippen molar-refractivity contribution in [3.8, 4) is 22.9 Å². The Morgan fingerprint density at radius 1 is 0.750 bits per heavy atom. The van der Waals surface area contributed by atoms with E-state index >= 15 is 0 Å². The van der Waals surface area contributed by atoms with Crippen LogP contribution >= 0.6 is 0 Å². The zero-order valence-corrected chi connectivity index (χ0v) is 31.5. The van der Waals surface area contributed by atoms with Crippen LogP contribution in [-0.2, 0) is 6.54 Å². The highest BCUT2D eigenvalue weighted by atomic mass is 79.9. The van der Waals surface area contributed by atoms with Gasteiger partial charge in [-0.1, -0.05) is 25.3 Å². The van der Waals surface area contributed by atoms with E-state index in [4.69, 9.17) is 14.2 Å².